The van der Waals surface area contributed by atoms with Gasteiger partial charge in [0.2, 0.25) is 0 Å². The van der Waals surface area contributed by atoms with Crippen molar-refractivity contribution in [1.82, 2.24) is 45.7 Å². The monoisotopic (exact) mass is 534 g/mol. The molecule has 38 heavy (non-hydrogen) atoms. The number of imidazole rings is 1. The Morgan fingerprint density at radius 1 is 0.974 bits per heavy atom. The van der Waals surface area contributed by atoms with Crippen LogP contribution in [0.3, 0.4) is 0 Å². The third-order valence-electron chi connectivity index (χ3n) is 7.03. The fourth-order valence-corrected chi connectivity index (χ4v) is 4.83. The van der Waals surface area contributed by atoms with Crippen LogP contribution in [-0.2, 0) is 9.53 Å². The first kappa shape index (κ1) is 28.5. The predicted molar refractivity (Wildman–Crippen MR) is 142 cm³/mol. The lowest BCUT2D eigenvalue weighted by atomic mass is 10.1. The van der Waals surface area contributed by atoms with Gasteiger partial charge in [0, 0.05) is 58.9 Å². The van der Waals surface area contributed by atoms with E-state index in [1.54, 1.807) is 0 Å². The Kier molecular flexibility index (Phi) is 11.0. The van der Waals surface area contributed by atoms with Gasteiger partial charge in [-0.1, -0.05) is 12.8 Å². The number of aromatic nitrogens is 4. The molecule has 0 spiro atoms. The third-order valence-corrected chi connectivity index (χ3v) is 7.03. The Labute approximate surface area is 222 Å². The summed E-state index contributed by atoms with van der Waals surface area (Å²) < 4.78 is 7.20. The highest BCUT2D eigenvalue weighted by atomic mass is 16.6. The van der Waals surface area contributed by atoms with Crippen molar-refractivity contribution < 1.29 is 19.7 Å². The van der Waals surface area contributed by atoms with Gasteiger partial charge in [-0.2, -0.15) is 0 Å². The van der Waals surface area contributed by atoms with Crippen molar-refractivity contribution in [3.05, 3.63) is 12.7 Å². The van der Waals surface area contributed by atoms with Crippen LogP contribution in [0.4, 0.5) is 5.82 Å². The third kappa shape index (κ3) is 7.56. The Hall–Kier alpha value is -2.46. The maximum atomic E-state index is 12.7. The summed E-state index contributed by atoms with van der Waals surface area (Å²) in [6.45, 7) is 9.61. The predicted octanol–water partition coefficient (Wildman–Crippen LogP) is -2.21. The van der Waals surface area contributed by atoms with Crippen molar-refractivity contribution in [1.29, 1.82) is 0 Å². The van der Waals surface area contributed by atoms with Crippen LogP contribution >= 0.6 is 0 Å². The second-order valence-corrected chi connectivity index (χ2v) is 9.81. The number of amides is 1. The Morgan fingerprint density at radius 2 is 1.66 bits per heavy atom. The van der Waals surface area contributed by atoms with Crippen molar-refractivity contribution in [2.24, 2.45) is 0 Å². The normalized spacial score (nSPS) is 26.2. The first-order valence-corrected chi connectivity index (χ1v) is 13.6. The molecule has 4 heterocycles. The topological polar surface area (TPSA) is 188 Å². The largest absolute Gasteiger partial charge is 0.387 e. The molecule has 0 aliphatic carbocycles. The van der Waals surface area contributed by atoms with Crippen molar-refractivity contribution in [2.75, 3.05) is 71.2 Å². The second-order valence-electron chi connectivity index (χ2n) is 9.81. The number of carbonyl (C=O) groups is 1. The van der Waals surface area contributed by atoms with Crippen molar-refractivity contribution in [2.45, 2.75) is 50.2 Å². The molecule has 4 atom stereocenters. The quantitative estimate of drug-likeness (QED) is 0.172. The van der Waals surface area contributed by atoms with Gasteiger partial charge < -0.3 is 46.9 Å². The van der Waals surface area contributed by atoms with Crippen molar-refractivity contribution in [3.63, 3.8) is 0 Å². The highest BCUT2D eigenvalue weighted by Crippen LogP contribution is 2.32. The maximum Gasteiger partial charge on any atom is 0.252 e. The number of hydrogen-bond acceptors (Lipinski definition) is 12. The van der Waals surface area contributed by atoms with Gasteiger partial charge in [0.05, 0.1) is 6.33 Å². The molecule has 212 valence electrons. The highest BCUT2D eigenvalue weighted by molar-refractivity contribution is 5.82. The van der Waals surface area contributed by atoms with E-state index in [-0.39, 0.29) is 5.82 Å². The molecule has 0 bridgehead atoms. The van der Waals surface area contributed by atoms with Gasteiger partial charge in [0.1, 0.15) is 24.1 Å². The number of carbonyl (C=O) groups excluding carboxylic acids is 1. The lowest BCUT2D eigenvalue weighted by Gasteiger charge is -2.23. The minimum Gasteiger partial charge on any atom is -0.387 e. The summed E-state index contributed by atoms with van der Waals surface area (Å²) in [5.74, 6) is -0.256. The van der Waals surface area contributed by atoms with E-state index in [0.717, 1.165) is 84.6 Å². The van der Waals surface area contributed by atoms with Crippen LogP contribution in [0, 0.1) is 0 Å². The molecular formula is C24H42N10O4. The molecule has 0 saturated carbocycles. The highest BCUT2D eigenvalue weighted by Gasteiger charge is 2.47. The smallest absolute Gasteiger partial charge is 0.252 e. The number of nitrogen functional groups attached to an aromatic ring is 1. The number of hydrogen-bond donors (Lipinski definition) is 7. The minimum atomic E-state index is -1.38. The van der Waals surface area contributed by atoms with Crippen LogP contribution in [0.5, 0.6) is 0 Å². The Bertz CT molecular complexity index is 996. The average Bonchev–Trinajstić information content (AvgIpc) is 3.46. The molecule has 14 nitrogen and oxygen atoms in total. The zero-order chi connectivity index (χ0) is 26.7. The van der Waals surface area contributed by atoms with E-state index < -0.39 is 30.4 Å². The van der Waals surface area contributed by atoms with Crippen LogP contribution in [0.2, 0.25) is 0 Å². The van der Waals surface area contributed by atoms with Crippen LogP contribution in [0.15, 0.2) is 12.7 Å². The fourth-order valence-electron chi connectivity index (χ4n) is 4.83. The number of nitrogens with two attached hydrogens (primary N) is 1. The summed E-state index contributed by atoms with van der Waals surface area (Å²) in [6.07, 6.45) is 1.79. The van der Waals surface area contributed by atoms with E-state index in [1.807, 2.05) is 0 Å². The van der Waals surface area contributed by atoms with Crippen LogP contribution < -0.4 is 27.0 Å². The summed E-state index contributed by atoms with van der Waals surface area (Å²) in [7, 11) is 0. The molecule has 2 fully saturated rings. The molecular weight excluding hydrogens is 492 g/mol. The van der Waals surface area contributed by atoms with E-state index in [2.05, 4.69) is 41.1 Å². The zero-order valence-electron chi connectivity index (χ0n) is 21.9. The van der Waals surface area contributed by atoms with Crippen molar-refractivity contribution >= 4 is 22.9 Å². The van der Waals surface area contributed by atoms with Gasteiger partial charge in [-0.3, -0.25) is 9.36 Å². The Balaban J connectivity index is 1.14. The molecule has 2 aromatic rings. The van der Waals surface area contributed by atoms with Crippen LogP contribution in [0.25, 0.3) is 11.2 Å². The molecule has 0 radical (unpaired) electrons. The summed E-state index contributed by atoms with van der Waals surface area (Å²) in [5.41, 5.74) is 6.54. The molecule has 4 rings (SSSR count). The molecule has 8 N–H and O–H groups in total. The summed E-state index contributed by atoms with van der Waals surface area (Å²) in [6, 6.07) is 0. The molecule has 2 aliphatic heterocycles. The van der Waals surface area contributed by atoms with E-state index >= 15 is 0 Å². The number of ether oxygens (including phenoxy) is 1. The SMILES string of the molecule is Nc1ncnc2c1ncn2C1OC(C(=O)NCCCCCCN2CCNCCNCCNCC2)C(O)C1O. The molecule has 0 aromatic carbocycles. The van der Waals surface area contributed by atoms with Gasteiger partial charge in [-0.15, -0.1) is 0 Å². The number of nitrogens with one attached hydrogen (secondary N) is 4. The average molecular weight is 535 g/mol. The van der Waals surface area contributed by atoms with Gasteiger partial charge in [0.15, 0.2) is 23.8 Å². The number of aliphatic hydroxyl groups is 2. The summed E-state index contributed by atoms with van der Waals surface area (Å²) in [5, 5.41) is 34.2. The number of fused-ring (bicyclic) bond motifs is 1. The zero-order valence-corrected chi connectivity index (χ0v) is 21.9. The number of unbranched alkanes of at least 4 members (excludes halogenated alkanes) is 3. The lowest BCUT2D eigenvalue weighted by Crippen LogP contribution is -2.43. The number of aliphatic hydroxyl groups excluding tert-OH is 2. The number of anilines is 1. The van der Waals surface area contributed by atoms with Gasteiger partial charge in [-0.25, -0.2) is 15.0 Å². The maximum absolute atomic E-state index is 12.7. The lowest BCUT2D eigenvalue weighted by molar-refractivity contribution is -0.137. The van der Waals surface area contributed by atoms with E-state index in [1.165, 1.54) is 17.2 Å². The molecule has 2 aromatic heterocycles. The van der Waals surface area contributed by atoms with Crippen LogP contribution in [0.1, 0.15) is 31.9 Å². The van der Waals surface area contributed by atoms with Crippen molar-refractivity contribution in [3.8, 4) is 0 Å². The molecule has 2 aliphatic rings. The standard InChI is InChI=1S/C24H42N10O4/c25-21-17-22(31-15-30-21)34(16-32-17)24-19(36)18(35)20(38-24)23(37)29-5-3-1-2-4-12-33-13-10-27-8-6-26-7-9-28-11-14-33/h15-16,18-20,24,26-28,35-36H,1-14H2,(H,29,37)(H2,25,30,31). The fraction of sp³-hybridized carbons (Fsp3) is 0.750. The Morgan fingerprint density at radius 3 is 2.39 bits per heavy atom. The van der Waals surface area contributed by atoms with E-state index in [0.29, 0.717) is 17.7 Å². The van der Waals surface area contributed by atoms with Gasteiger partial charge >= 0.3 is 0 Å². The second kappa shape index (κ2) is 14.6. The molecule has 2 saturated heterocycles. The van der Waals surface area contributed by atoms with E-state index in [4.69, 9.17) is 10.5 Å². The first-order chi connectivity index (χ1) is 18.6. The van der Waals surface area contributed by atoms with Gasteiger partial charge in [-0.05, 0) is 19.4 Å². The van der Waals surface area contributed by atoms with Gasteiger partial charge in [0.25, 0.3) is 5.91 Å². The molecule has 14 heteroatoms. The van der Waals surface area contributed by atoms with Crippen LogP contribution in [-0.4, -0.2) is 124 Å². The minimum absolute atomic E-state index is 0.196. The summed E-state index contributed by atoms with van der Waals surface area (Å²) in [4.78, 5) is 27.4. The summed E-state index contributed by atoms with van der Waals surface area (Å²) >= 11 is 0. The number of nitrogens with zero attached hydrogens (tertiary/aromatic N) is 5. The first-order valence-electron chi connectivity index (χ1n) is 13.6. The number of rotatable bonds is 9. The van der Waals surface area contributed by atoms with E-state index in [9.17, 15) is 15.0 Å². The molecule has 1 amide bonds. The molecule has 4 unspecified atom stereocenters.